The lowest BCUT2D eigenvalue weighted by Crippen LogP contribution is -2.00. The normalized spacial score (nSPS) is 11.9. The molecule has 0 saturated heterocycles. The summed E-state index contributed by atoms with van der Waals surface area (Å²) in [4.78, 5) is 10.6. The van der Waals surface area contributed by atoms with Crippen LogP contribution in [0.4, 0.5) is 0 Å². The van der Waals surface area contributed by atoms with Gasteiger partial charge in [0, 0.05) is 72.6 Å². The summed E-state index contributed by atoms with van der Waals surface area (Å²) in [7, 11) is 0. The first-order valence-corrected chi connectivity index (χ1v) is 20.7. The molecule has 0 N–H and O–H groups in total. The zero-order valence-electron chi connectivity index (χ0n) is 32.9. The van der Waals surface area contributed by atoms with Crippen LogP contribution >= 0.6 is 0 Å². The number of benzene rings is 8. The standard InChI is InChI=1S/C56H35N5/c1-2-15-36(16-3-1)49-35-59-30-29-47-54(56(59)58-49)46-23-4-9-24-48(46)57-55(47)38-18-14-17-37(31-38)39-32-40(60-50-25-10-5-19-42(50)43-20-6-11-26-51(43)60)34-41(33-39)61-52-27-12-7-21-44(52)45-22-8-13-28-53(45)61/h1-35H. The van der Waals surface area contributed by atoms with Crippen molar-refractivity contribution in [2.75, 3.05) is 0 Å². The van der Waals surface area contributed by atoms with Crippen LogP contribution in [0.2, 0.25) is 0 Å². The predicted molar refractivity (Wildman–Crippen MR) is 253 cm³/mol. The lowest BCUT2D eigenvalue weighted by Gasteiger charge is -2.16. The monoisotopic (exact) mass is 777 g/mol. The van der Waals surface area contributed by atoms with E-state index in [4.69, 9.17) is 9.97 Å². The largest absolute Gasteiger partial charge is 0.309 e. The highest BCUT2D eigenvalue weighted by Gasteiger charge is 2.19. The van der Waals surface area contributed by atoms with Crippen molar-refractivity contribution < 1.29 is 0 Å². The minimum atomic E-state index is 0.919. The van der Waals surface area contributed by atoms with Crippen molar-refractivity contribution in [2.24, 2.45) is 0 Å². The van der Waals surface area contributed by atoms with Crippen LogP contribution < -0.4 is 0 Å². The van der Waals surface area contributed by atoms with Gasteiger partial charge in [-0.1, -0.05) is 140 Å². The number of aromatic nitrogens is 5. The van der Waals surface area contributed by atoms with Crippen LogP contribution in [0.3, 0.4) is 0 Å². The number of hydrogen-bond donors (Lipinski definition) is 0. The molecule has 0 amide bonds. The molecule has 0 aliphatic carbocycles. The van der Waals surface area contributed by atoms with Crippen LogP contribution in [0.1, 0.15) is 0 Å². The molecule has 61 heavy (non-hydrogen) atoms. The van der Waals surface area contributed by atoms with E-state index in [1.54, 1.807) is 0 Å². The van der Waals surface area contributed by atoms with E-state index in [-0.39, 0.29) is 0 Å². The van der Waals surface area contributed by atoms with Crippen LogP contribution in [0.5, 0.6) is 0 Å². The fourth-order valence-corrected chi connectivity index (χ4v) is 9.71. The molecule has 13 rings (SSSR count). The number of fused-ring (bicyclic) bond motifs is 11. The summed E-state index contributed by atoms with van der Waals surface area (Å²) >= 11 is 0. The highest BCUT2D eigenvalue weighted by Crippen LogP contribution is 2.40. The molecule has 0 fully saturated rings. The fraction of sp³-hybridized carbons (Fsp3) is 0. The van der Waals surface area contributed by atoms with Crippen LogP contribution in [-0.4, -0.2) is 23.5 Å². The van der Waals surface area contributed by atoms with Crippen LogP contribution in [0.25, 0.3) is 116 Å². The Morgan fingerprint density at radius 3 is 1.46 bits per heavy atom. The van der Waals surface area contributed by atoms with Gasteiger partial charge in [0.25, 0.3) is 0 Å². The number of rotatable bonds is 5. The minimum Gasteiger partial charge on any atom is -0.309 e. The SMILES string of the molecule is c1ccc(-c2cn3ccc4c(-c5cccc(-c6cc(-n7c8ccccc8c8ccccc87)cc(-n7c8ccccc8c8ccccc87)c6)c5)nc5ccccc5c4c3n2)cc1. The highest BCUT2D eigenvalue weighted by atomic mass is 15.0. The molecule has 0 saturated carbocycles. The summed E-state index contributed by atoms with van der Waals surface area (Å²) in [6.07, 6.45) is 4.24. The van der Waals surface area contributed by atoms with E-state index in [2.05, 4.69) is 220 Å². The maximum atomic E-state index is 5.39. The molecule has 0 radical (unpaired) electrons. The first kappa shape index (κ1) is 33.7. The van der Waals surface area contributed by atoms with Crippen molar-refractivity contribution >= 4 is 70.9 Å². The Bertz CT molecular complexity index is 3650. The topological polar surface area (TPSA) is 40.0 Å². The molecule has 13 aromatic rings. The Balaban J connectivity index is 1.06. The van der Waals surface area contributed by atoms with Gasteiger partial charge in [-0.15, -0.1) is 0 Å². The third-order valence-corrected chi connectivity index (χ3v) is 12.4. The van der Waals surface area contributed by atoms with Gasteiger partial charge < -0.3 is 13.5 Å². The van der Waals surface area contributed by atoms with E-state index in [1.165, 1.54) is 43.6 Å². The lowest BCUT2D eigenvalue weighted by atomic mass is 9.97. The molecule has 5 nitrogen and oxygen atoms in total. The molecule has 5 heteroatoms. The van der Waals surface area contributed by atoms with Crippen molar-refractivity contribution in [3.05, 3.63) is 213 Å². The molecule has 0 bridgehead atoms. The molecule has 8 aromatic carbocycles. The maximum Gasteiger partial charge on any atom is 0.146 e. The fourth-order valence-electron chi connectivity index (χ4n) is 9.71. The Kier molecular flexibility index (Phi) is 7.24. The van der Waals surface area contributed by atoms with Crippen molar-refractivity contribution in [3.8, 4) is 45.0 Å². The second kappa shape index (κ2) is 13.1. The Morgan fingerprint density at radius 1 is 0.344 bits per heavy atom. The smallest absolute Gasteiger partial charge is 0.146 e. The van der Waals surface area contributed by atoms with E-state index < -0.39 is 0 Å². The molecule has 284 valence electrons. The highest BCUT2D eigenvalue weighted by molar-refractivity contribution is 6.17. The third kappa shape index (κ3) is 5.14. The van der Waals surface area contributed by atoms with Crippen molar-refractivity contribution in [3.63, 3.8) is 0 Å². The van der Waals surface area contributed by atoms with E-state index in [9.17, 15) is 0 Å². The summed E-state index contributed by atoms with van der Waals surface area (Å²) in [6, 6.07) is 71.9. The summed E-state index contributed by atoms with van der Waals surface area (Å²) in [5.74, 6) is 0. The van der Waals surface area contributed by atoms with Crippen LogP contribution in [0.15, 0.2) is 213 Å². The molecule has 0 spiro atoms. The number of para-hydroxylation sites is 5. The van der Waals surface area contributed by atoms with E-state index in [0.717, 1.165) is 72.3 Å². The van der Waals surface area contributed by atoms with E-state index in [1.807, 2.05) is 6.07 Å². The molecule has 5 heterocycles. The quantitative estimate of drug-likeness (QED) is 0.163. The summed E-state index contributed by atoms with van der Waals surface area (Å²) in [5.41, 5.74) is 15.0. The Morgan fingerprint density at radius 2 is 0.852 bits per heavy atom. The minimum absolute atomic E-state index is 0.919. The van der Waals surface area contributed by atoms with Gasteiger partial charge >= 0.3 is 0 Å². The summed E-state index contributed by atoms with van der Waals surface area (Å²) in [5, 5.41) is 8.20. The first-order chi connectivity index (χ1) is 30.2. The van der Waals surface area contributed by atoms with Gasteiger partial charge in [0.15, 0.2) is 0 Å². The van der Waals surface area contributed by atoms with Gasteiger partial charge in [-0.2, -0.15) is 0 Å². The second-order valence-electron chi connectivity index (χ2n) is 15.9. The second-order valence-corrected chi connectivity index (χ2v) is 15.9. The van der Waals surface area contributed by atoms with Crippen LogP contribution in [-0.2, 0) is 0 Å². The predicted octanol–water partition coefficient (Wildman–Crippen LogP) is 14.2. The van der Waals surface area contributed by atoms with Crippen molar-refractivity contribution in [1.29, 1.82) is 0 Å². The average Bonchev–Trinajstić information content (AvgIpc) is 4.02. The van der Waals surface area contributed by atoms with Gasteiger partial charge in [0.05, 0.1) is 39.0 Å². The third-order valence-electron chi connectivity index (χ3n) is 12.4. The zero-order valence-corrected chi connectivity index (χ0v) is 32.9. The molecular formula is C56H35N5. The van der Waals surface area contributed by atoms with E-state index >= 15 is 0 Å². The molecule has 0 aliphatic rings. The first-order valence-electron chi connectivity index (χ1n) is 20.7. The van der Waals surface area contributed by atoms with Gasteiger partial charge in [-0.05, 0) is 71.8 Å². The van der Waals surface area contributed by atoms with Crippen LogP contribution in [0, 0.1) is 0 Å². The molecule has 5 aromatic heterocycles. The summed E-state index contributed by atoms with van der Waals surface area (Å²) in [6.45, 7) is 0. The Hall–Kier alpha value is -8.28. The number of hydrogen-bond acceptors (Lipinski definition) is 2. The van der Waals surface area contributed by atoms with E-state index in [0.29, 0.717) is 0 Å². The van der Waals surface area contributed by atoms with Gasteiger partial charge in [0.2, 0.25) is 0 Å². The maximum absolute atomic E-state index is 5.39. The average molecular weight is 778 g/mol. The van der Waals surface area contributed by atoms with Crippen molar-refractivity contribution in [2.45, 2.75) is 0 Å². The zero-order chi connectivity index (χ0) is 40.0. The number of imidazole rings is 1. The number of pyridine rings is 2. The summed E-state index contributed by atoms with van der Waals surface area (Å²) < 4.78 is 6.99. The number of nitrogens with zero attached hydrogens (tertiary/aromatic N) is 5. The molecule has 0 aliphatic heterocycles. The molecule has 0 unspecified atom stereocenters. The van der Waals surface area contributed by atoms with Crippen molar-refractivity contribution in [1.82, 2.24) is 23.5 Å². The lowest BCUT2D eigenvalue weighted by molar-refractivity contribution is 1.13. The van der Waals surface area contributed by atoms with Gasteiger partial charge in [-0.25, -0.2) is 9.97 Å². The Labute approximate surface area is 350 Å². The molecule has 0 atom stereocenters. The van der Waals surface area contributed by atoms with Gasteiger partial charge in [-0.3, -0.25) is 0 Å². The molecular weight excluding hydrogens is 743 g/mol. The van der Waals surface area contributed by atoms with Gasteiger partial charge in [0.1, 0.15) is 5.65 Å².